The number of anilines is 1. The molecular weight excluding hydrogens is 604 g/mol. The Morgan fingerprint density at radius 2 is 1.48 bits per heavy atom. The van der Waals surface area contributed by atoms with E-state index in [1.165, 1.54) is 0 Å². The molecule has 0 saturated carbocycles. The third-order valence-electron chi connectivity index (χ3n) is 7.70. The molecule has 1 aromatic carbocycles. The summed E-state index contributed by atoms with van der Waals surface area (Å²) in [7, 11) is 4.05. The molecule has 3 aliphatic rings. The summed E-state index contributed by atoms with van der Waals surface area (Å²) in [6.07, 6.45) is -4.42. The lowest BCUT2D eigenvalue weighted by Crippen LogP contribution is -2.45. The van der Waals surface area contributed by atoms with Crippen LogP contribution in [-0.4, -0.2) is 121 Å². The number of piperidine rings is 2. The van der Waals surface area contributed by atoms with Gasteiger partial charge in [0.1, 0.15) is 0 Å². The fourth-order valence-corrected chi connectivity index (χ4v) is 5.27. The molecule has 44 heavy (non-hydrogen) atoms. The number of likely N-dealkylation sites (tertiary alicyclic amines) is 2. The number of benzene rings is 1. The van der Waals surface area contributed by atoms with Gasteiger partial charge >= 0.3 is 24.3 Å². The van der Waals surface area contributed by atoms with E-state index in [-0.39, 0.29) is 23.5 Å². The largest absolute Gasteiger partial charge is 0.490 e. The lowest BCUT2D eigenvalue weighted by Gasteiger charge is -2.38. The van der Waals surface area contributed by atoms with E-state index in [1.807, 2.05) is 19.0 Å². The number of aliphatic carboxylic acids is 2. The van der Waals surface area contributed by atoms with Crippen molar-refractivity contribution in [3.05, 3.63) is 29.8 Å². The van der Waals surface area contributed by atoms with E-state index in [4.69, 9.17) is 24.5 Å². The van der Waals surface area contributed by atoms with Crippen LogP contribution in [0.1, 0.15) is 37.7 Å². The second kappa shape index (κ2) is 15.8. The van der Waals surface area contributed by atoms with Crippen LogP contribution in [-0.2, 0) is 25.5 Å². The molecule has 3 fully saturated rings. The second-order valence-electron chi connectivity index (χ2n) is 11.4. The second-order valence-corrected chi connectivity index (χ2v) is 11.4. The van der Waals surface area contributed by atoms with Gasteiger partial charge in [0.25, 0.3) is 0 Å². The summed E-state index contributed by atoms with van der Waals surface area (Å²) in [6, 6.07) is 8.27. The predicted molar refractivity (Wildman–Crippen MR) is 146 cm³/mol. The van der Waals surface area contributed by atoms with Gasteiger partial charge in [-0.1, -0.05) is 12.1 Å². The molecule has 2 unspecified atom stereocenters. The number of carbonyl (C=O) groups excluding carboxylic acids is 1. The molecule has 3 aliphatic heterocycles. The maximum Gasteiger partial charge on any atom is 0.490 e. The topological polar surface area (TPSA) is 131 Å². The van der Waals surface area contributed by atoms with Crippen molar-refractivity contribution >= 4 is 23.5 Å². The minimum atomic E-state index is -5.08. The summed E-state index contributed by atoms with van der Waals surface area (Å²) >= 11 is 0. The third kappa shape index (κ3) is 12.1. The number of carbonyl (C=O) groups is 3. The molecule has 0 radical (unpaired) electrons. The average molecular weight is 644 g/mol. The van der Waals surface area contributed by atoms with E-state index >= 15 is 0 Å². The van der Waals surface area contributed by atoms with Crippen LogP contribution < -0.4 is 4.90 Å². The first-order valence-corrected chi connectivity index (χ1v) is 14.0. The van der Waals surface area contributed by atoms with Crippen molar-refractivity contribution in [2.24, 2.45) is 5.41 Å². The van der Waals surface area contributed by atoms with Crippen LogP contribution in [0.5, 0.6) is 0 Å². The molecule has 2 atom stereocenters. The lowest BCUT2D eigenvalue weighted by atomic mass is 9.76. The molecule has 1 amide bonds. The van der Waals surface area contributed by atoms with Crippen molar-refractivity contribution in [2.45, 2.75) is 63.1 Å². The number of ether oxygens (including phenoxy) is 1. The normalized spacial score (nSPS) is 21.9. The van der Waals surface area contributed by atoms with Gasteiger partial charge in [0.2, 0.25) is 5.91 Å². The van der Waals surface area contributed by atoms with Gasteiger partial charge in [-0.15, -0.1) is 0 Å². The fourth-order valence-electron chi connectivity index (χ4n) is 5.27. The van der Waals surface area contributed by atoms with Crippen LogP contribution in [0.4, 0.5) is 32.0 Å². The number of carboxylic acid groups (broad SMARTS) is 2. The number of alkyl halides is 6. The van der Waals surface area contributed by atoms with E-state index in [1.54, 1.807) is 0 Å². The summed E-state index contributed by atoms with van der Waals surface area (Å²) in [5.41, 5.74) is 2.48. The van der Waals surface area contributed by atoms with Crippen LogP contribution in [0, 0.1) is 5.41 Å². The predicted octanol–water partition coefficient (Wildman–Crippen LogP) is 3.42. The number of halogens is 6. The van der Waals surface area contributed by atoms with Crippen LogP contribution in [0.15, 0.2) is 24.3 Å². The molecule has 1 spiro atoms. The zero-order valence-electron chi connectivity index (χ0n) is 24.5. The lowest BCUT2D eigenvalue weighted by molar-refractivity contribution is -0.193. The number of β-amino-alcohol motifs (C(OH)–C–C–N with tert-alkyl or cyclic N) is 1. The number of aliphatic hydroxyl groups is 1. The molecule has 250 valence electrons. The molecule has 0 aromatic heterocycles. The smallest absolute Gasteiger partial charge is 0.475 e. The van der Waals surface area contributed by atoms with Gasteiger partial charge < -0.3 is 29.9 Å². The van der Waals surface area contributed by atoms with E-state index < -0.39 is 24.3 Å². The maximum atomic E-state index is 12.8. The minimum Gasteiger partial charge on any atom is -0.475 e. The van der Waals surface area contributed by atoms with E-state index in [9.17, 15) is 36.2 Å². The first-order valence-electron chi connectivity index (χ1n) is 14.0. The van der Waals surface area contributed by atoms with Gasteiger partial charge in [-0.05, 0) is 61.8 Å². The highest BCUT2D eigenvalue weighted by molar-refractivity contribution is 5.79. The van der Waals surface area contributed by atoms with Crippen LogP contribution >= 0.6 is 0 Å². The Kier molecular flexibility index (Phi) is 13.3. The number of hydrogen-bond donors (Lipinski definition) is 3. The summed E-state index contributed by atoms with van der Waals surface area (Å²) < 4.78 is 69.6. The molecule has 3 saturated heterocycles. The van der Waals surface area contributed by atoms with Gasteiger partial charge in [-0.2, -0.15) is 26.3 Å². The van der Waals surface area contributed by atoms with Crippen molar-refractivity contribution in [3.63, 3.8) is 0 Å². The summed E-state index contributed by atoms with van der Waals surface area (Å²) in [4.78, 5) is 37.1. The first kappa shape index (κ1) is 37.1. The van der Waals surface area contributed by atoms with Crippen LogP contribution in [0.2, 0.25) is 0 Å². The van der Waals surface area contributed by atoms with Crippen molar-refractivity contribution in [1.29, 1.82) is 0 Å². The molecule has 1 aromatic rings. The fraction of sp³-hybridized carbons (Fsp3) is 0.679. The standard InChI is InChI=1S/C24H37N3O3.2C2HF3O2/c1-25(2)20-7-5-19(6-8-20)14-23(29)27-12-9-24(10-13-27)15-22(30-18-24)17-26-11-3-4-21(28)16-26;2*3-2(4,5)1(6)7/h5-8,21-22,28H,3-4,9-18H2,1-2H3;2*(H,6,7). The first-order chi connectivity index (χ1) is 20.3. The number of rotatable bonds is 5. The van der Waals surface area contributed by atoms with Gasteiger partial charge in [0, 0.05) is 46.0 Å². The maximum absolute atomic E-state index is 12.8. The van der Waals surface area contributed by atoms with Crippen LogP contribution in [0.25, 0.3) is 0 Å². The molecule has 3 N–H and O–H groups in total. The van der Waals surface area contributed by atoms with Gasteiger partial charge in [0.15, 0.2) is 0 Å². The van der Waals surface area contributed by atoms with Crippen molar-refractivity contribution < 1.29 is 60.8 Å². The summed E-state index contributed by atoms with van der Waals surface area (Å²) in [5.74, 6) is -5.28. The highest BCUT2D eigenvalue weighted by Crippen LogP contribution is 2.42. The Labute approximate surface area is 251 Å². The molecule has 0 aliphatic carbocycles. The van der Waals surface area contributed by atoms with E-state index in [0.29, 0.717) is 6.42 Å². The molecule has 0 bridgehead atoms. The molecule has 3 heterocycles. The van der Waals surface area contributed by atoms with Gasteiger partial charge in [-0.3, -0.25) is 9.69 Å². The zero-order valence-corrected chi connectivity index (χ0v) is 24.5. The number of amides is 1. The average Bonchev–Trinajstić information content (AvgIpc) is 3.30. The minimum absolute atomic E-state index is 0.178. The SMILES string of the molecule is CN(C)c1ccc(CC(=O)N2CCC3(CC2)COC(CN2CCCC(O)C2)C3)cc1.O=C(O)C(F)(F)F.O=C(O)C(F)(F)F. The van der Waals surface area contributed by atoms with Gasteiger partial charge in [-0.25, -0.2) is 9.59 Å². The number of hydrogen-bond acceptors (Lipinski definition) is 7. The van der Waals surface area contributed by atoms with Crippen molar-refractivity contribution in [2.75, 3.05) is 58.3 Å². The number of aliphatic hydroxyl groups excluding tert-OH is 1. The van der Waals surface area contributed by atoms with Crippen molar-refractivity contribution in [3.8, 4) is 0 Å². The van der Waals surface area contributed by atoms with Crippen molar-refractivity contribution in [1.82, 2.24) is 9.80 Å². The zero-order chi connectivity index (χ0) is 33.3. The number of carboxylic acids is 2. The highest BCUT2D eigenvalue weighted by atomic mass is 19.4. The summed E-state index contributed by atoms with van der Waals surface area (Å²) in [6.45, 7) is 5.29. The van der Waals surface area contributed by atoms with Gasteiger partial charge in [0.05, 0.1) is 25.2 Å². The van der Waals surface area contributed by atoms with E-state index in [0.717, 1.165) is 82.7 Å². The quantitative estimate of drug-likeness (QED) is 0.414. The Morgan fingerprint density at radius 3 is 1.93 bits per heavy atom. The highest BCUT2D eigenvalue weighted by Gasteiger charge is 2.43. The molecule has 4 rings (SSSR count). The molecular formula is C28H39F6N3O7. The third-order valence-corrected chi connectivity index (χ3v) is 7.70. The summed E-state index contributed by atoms with van der Waals surface area (Å²) in [5, 5.41) is 24.1. The Bertz CT molecular complexity index is 1070. The van der Waals surface area contributed by atoms with E-state index in [2.05, 4.69) is 34.1 Å². The monoisotopic (exact) mass is 643 g/mol. The van der Waals surface area contributed by atoms with Crippen LogP contribution in [0.3, 0.4) is 0 Å². The molecule has 16 heteroatoms. The molecule has 10 nitrogen and oxygen atoms in total. The Balaban J connectivity index is 0.000000402. The Hall–Kier alpha value is -3.11. The number of nitrogens with zero attached hydrogens (tertiary/aromatic N) is 3. The Morgan fingerprint density at radius 1 is 0.955 bits per heavy atom.